The highest BCUT2D eigenvalue weighted by Crippen LogP contribution is 2.27. The maximum Gasteiger partial charge on any atom is 0.269 e. The molecule has 0 saturated carbocycles. The van der Waals surface area contributed by atoms with Crippen LogP contribution in [0.15, 0.2) is 47.3 Å². The number of aromatic nitrogens is 4. The van der Waals surface area contributed by atoms with Crippen molar-refractivity contribution in [1.29, 1.82) is 5.26 Å². The molecule has 9 nitrogen and oxygen atoms in total. The second-order valence-electron chi connectivity index (χ2n) is 7.13. The van der Waals surface area contributed by atoms with E-state index in [0.29, 0.717) is 6.42 Å². The smallest absolute Gasteiger partial charge is 0.269 e. The maximum absolute atomic E-state index is 14.5. The van der Waals surface area contributed by atoms with Gasteiger partial charge in [0, 0.05) is 0 Å². The van der Waals surface area contributed by atoms with Crippen molar-refractivity contribution in [3.8, 4) is 11.8 Å². The van der Waals surface area contributed by atoms with E-state index in [1.54, 1.807) is 6.92 Å². The van der Waals surface area contributed by atoms with E-state index in [9.17, 15) is 18.8 Å². The zero-order valence-corrected chi connectivity index (χ0v) is 17.4. The van der Waals surface area contributed by atoms with Crippen LogP contribution in [0.25, 0.3) is 16.6 Å². The molecule has 4 aromatic rings. The number of anilines is 3. The van der Waals surface area contributed by atoms with E-state index < -0.39 is 23.2 Å². The van der Waals surface area contributed by atoms with Gasteiger partial charge < -0.3 is 16.8 Å². The van der Waals surface area contributed by atoms with E-state index in [0.717, 1.165) is 16.7 Å². The molecule has 0 saturated heterocycles. The first-order chi connectivity index (χ1) is 15.8. The van der Waals surface area contributed by atoms with Crippen LogP contribution in [0.4, 0.5) is 26.4 Å². The summed E-state index contributed by atoms with van der Waals surface area (Å²) >= 11 is 0. The second kappa shape index (κ2) is 8.51. The van der Waals surface area contributed by atoms with Crippen LogP contribution in [0.3, 0.4) is 0 Å². The molecule has 1 atom stereocenters. The van der Waals surface area contributed by atoms with Gasteiger partial charge in [-0.05, 0) is 36.8 Å². The molecule has 1 unspecified atom stereocenters. The van der Waals surface area contributed by atoms with Gasteiger partial charge in [0.1, 0.15) is 40.3 Å². The monoisotopic (exact) mass is 448 g/mol. The van der Waals surface area contributed by atoms with E-state index in [4.69, 9.17) is 11.5 Å². The molecule has 33 heavy (non-hydrogen) atoms. The summed E-state index contributed by atoms with van der Waals surface area (Å²) in [4.78, 5) is 25.8. The van der Waals surface area contributed by atoms with E-state index in [1.807, 2.05) is 6.07 Å². The molecule has 0 aliphatic carbocycles. The third-order valence-electron chi connectivity index (χ3n) is 5.04. The number of benzene rings is 2. The summed E-state index contributed by atoms with van der Waals surface area (Å²) in [5, 5.41) is 12.3. The summed E-state index contributed by atoms with van der Waals surface area (Å²) in [6, 6.07) is 10.6. The van der Waals surface area contributed by atoms with Crippen molar-refractivity contribution in [3.63, 3.8) is 0 Å². The van der Waals surface area contributed by atoms with Gasteiger partial charge in [-0.3, -0.25) is 9.36 Å². The van der Waals surface area contributed by atoms with Crippen LogP contribution in [0.1, 0.15) is 30.8 Å². The average Bonchev–Trinajstić information content (AvgIpc) is 2.77. The average molecular weight is 448 g/mol. The molecule has 0 amide bonds. The van der Waals surface area contributed by atoms with Gasteiger partial charge in [-0.1, -0.05) is 19.1 Å². The first kappa shape index (κ1) is 21.6. The Morgan fingerprint density at radius 3 is 2.61 bits per heavy atom. The fourth-order valence-corrected chi connectivity index (χ4v) is 3.53. The van der Waals surface area contributed by atoms with E-state index in [1.165, 1.54) is 30.3 Å². The molecule has 0 fully saturated rings. The Balaban J connectivity index is 1.99. The number of nitrogens with zero attached hydrogens (tertiary/aromatic N) is 5. The lowest BCUT2D eigenvalue weighted by Crippen LogP contribution is -2.29. The van der Waals surface area contributed by atoms with Gasteiger partial charge >= 0.3 is 0 Å². The molecule has 0 aliphatic rings. The van der Waals surface area contributed by atoms with E-state index >= 15 is 0 Å². The number of hydrogen-bond donors (Lipinski definition) is 3. The minimum Gasteiger partial charge on any atom is -0.382 e. The lowest BCUT2D eigenvalue weighted by atomic mass is 10.1. The van der Waals surface area contributed by atoms with Crippen molar-refractivity contribution in [2.45, 2.75) is 19.4 Å². The molecule has 2 aromatic carbocycles. The van der Waals surface area contributed by atoms with Crippen LogP contribution in [0.2, 0.25) is 0 Å². The Kier molecular flexibility index (Phi) is 5.58. The van der Waals surface area contributed by atoms with Gasteiger partial charge in [-0.25, -0.2) is 13.8 Å². The van der Waals surface area contributed by atoms with Crippen molar-refractivity contribution in [2.75, 3.05) is 16.8 Å². The molecule has 4 rings (SSSR count). The number of nitrogens with one attached hydrogen (secondary N) is 1. The first-order valence-electron chi connectivity index (χ1n) is 9.90. The molecule has 0 radical (unpaired) electrons. The fourth-order valence-electron chi connectivity index (χ4n) is 3.53. The molecule has 0 aliphatic heterocycles. The second-order valence-corrected chi connectivity index (χ2v) is 7.13. The summed E-state index contributed by atoms with van der Waals surface area (Å²) < 4.78 is 29.7. The quantitative estimate of drug-likeness (QED) is 0.422. The Bertz CT molecular complexity index is 1480. The van der Waals surface area contributed by atoms with Gasteiger partial charge in [0.25, 0.3) is 5.56 Å². The van der Waals surface area contributed by atoms with Gasteiger partial charge in [0.2, 0.25) is 5.95 Å². The molecule has 11 heteroatoms. The molecule has 5 N–H and O–H groups in total. The number of halogens is 2. The third kappa shape index (κ3) is 3.89. The van der Waals surface area contributed by atoms with Crippen LogP contribution < -0.4 is 22.3 Å². The van der Waals surface area contributed by atoms with Gasteiger partial charge in [0.05, 0.1) is 17.2 Å². The Hall–Kier alpha value is -4.59. The van der Waals surface area contributed by atoms with Gasteiger partial charge in [-0.2, -0.15) is 15.2 Å². The van der Waals surface area contributed by atoms with Crippen LogP contribution in [-0.4, -0.2) is 19.5 Å². The Morgan fingerprint density at radius 1 is 1.15 bits per heavy atom. The summed E-state index contributed by atoms with van der Waals surface area (Å²) in [5.74, 6) is -1.38. The number of hydrogen-bond acceptors (Lipinski definition) is 8. The summed E-state index contributed by atoms with van der Waals surface area (Å²) in [6.07, 6.45) is 0.358. The standard InChI is InChI=1S/C22H18F2N8O/c1-2-15(28-19-13(10-25)18(26)30-22(27)31-19)20-29-16-8-4-7-14(24)17(16)21(33)32(20)12-6-3-5-11(23)9-12/h3-9,15H,2H2,1H3,(H5,26,27,28,30,31). The van der Waals surface area contributed by atoms with Crippen LogP contribution in [-0.2, 0) is 0 Å². The lowest BCUT2D eigenvalue weighted by Gasteiger charge is -2.23. The highest BCUT2D eigenvalue weighted by molar-refractivity contribution is 5.79. The molecular formula is C22H18F2N8O. The summed E-state index contributed by atoms with van der Waals surface area (Å²) in [5.41, 5.74) is 11.0. The van der Waals surface area contributed by atoms with Crippen molar-refractivity contribution in [2.24, 2.45) is 0 Å². The summed E-state index contributed by atoms with van der Waals surface area (Å²) in [7, 11) is 0. The minimum atomic E-state index is -0.745. The number of nitrogen functional groups attached to an aromatic ring is 2. The molecule has 0 spiro atoms. The van der Waals surface area contributed by atoms with Crippen LogP contribution >= 0.6 is 0 Å². The predicted molar refractivity (Wildman–Crippen MR) is 119 cm³/mol. The van der Waals surface area contributed by atoms with E-state index in [-0.39, 0.29) is 45.6 Å². The third-order valence-corrected chi connectivity index (χ3v) is 5.04. The maximum atomic E-state index is 14.5. The lowest BCUT2D eigenvalue weighted by molar-refractivity contribution is 0.619. The highest BCUT2D eigenvalue weighted by atomic mass is 19.1. The zero-order valence-electron chi connectivity index (χ0n) is 17.4. The molecule has 166 valence electrons. The summed E-state index contributed by atoms with van der Waals surface area (Å²) in [6.45, 7) is 1.80. The fraction of sp³-hybridized carbons (Fsp3) is 0.136. The minimum absolute atomic E-state index is 0.0332. The zero-order chi connectivity index (χ0) is 23.7. The highest BCUT2D eigenvalue weighted by Gasteiger charge is 2.24. The predicted octanol–water partition coefficient (Wildman–Crippen LogP) is 3.05. The number of fused-ring (bicyclic) bond motifs is 1. The van der Waals surface area contributed by atoms with Crippen molar-refractivity contribution < 1.29 is 8.78 Å². The first-order valence-corrected chi connectivity index (χ1v) is 9.90. The van der Waals surface area contributed by atoms with Gasteiger partial charge in [0.15, 0.2) is 5.82 Å². The molecule has 2 heterocycles. The normalized spacial score (nSPS) is 11.8. The van der Waals surface area contributed by atoms with Crippen molar-refractivity contribution in [3.05, 3.63) is 75.8 Å². The van der Waals surface area contributed by atoms with Crippen LogP contribution in [0, 0.1) is 23.0 Å². The SMILES string of the molecule is CCC(Nc1nc(N)nc(N)c1C#N)c1nc2cccc(F)c2c(=O)n1-c1cccc(F)c1. The van der Waals surface area contributed by atoms with Crippen LogP contribution in [0.5, 0.6) is 0 Å². The van der Waals surface area contributed by atoms with Crippen molar-refractivity contribution >= 4 is 28.5 Å². The number of nitriles is 1. The number of nitrogens with two attached hydrogens (primary N) is 2. The molecule has 0 bridgehead atoms. The number of rotatable bonds is 5. The van der Waals surface area contributed by atoms with Crippen molar-refractivity contribution in [1.82, 2.24) is 19.5 Å². The molecule has 2 aromatic heterocycles. The topological polar surface area (TPSA) is 149 Å². The van der Waals surface area contributed by atoms with E-state index in [2.05, 4.69) is 20.3 Å². The largest absolute Gasteiger partial charge is 0.382 e. The van der Waals surface area contributed by atoms with Gasteiger partial charge in [-0.15, -0.1) is 0 Å². The Morgan fingerprint density at radius 2 is 1.91 bits per heavy atom. The molecular weight excluding hydrogens is 430 g/mol. The Labute approximate surface area is 186 Å².